The summed E-state index contributed by atoms with van der Waals surface area (Å²) in [5.74, 6) is -2.11. The number of carbonyl (C=O) groups is 1. The van der Waals surface area contributed by atoms with Gasteiger partial charge in [0, 0.05) is 12.6 Å². The van der Waals surface area contributed by atoms with Gasteiger partial charge in [-0.3, -0.25) is 4.79 Å². The van der Waals surface area contributed by atoms with Crippen molar-refractivity contribution in [1.29, 1.82) is 0 Å². The molecule has 1 unspecified atom stereocenters. The van der Waals surface area contributed by atoms with Crippen LogP contribution in [0, 0.1) is 17.0 Å². The van der Waals surface area contributed by atoms with Crippen molar-refractivity contribution in [3.05, 3.63) is 35.4 Å². The minimum Gasteiger partial charge on any atom is -0.354 e. The Morgan fingerprint density at radius 2 is 1.95 bits per heavy atom. The summed E-state index contributed by atoms with van der Waals surface area (Å²) in [6.45, 7) is 6.61. The molecule has 20 heavy (non-hydrogen) atoms. The molecule has 1 amide bonds. The van der Waals surface area contributed by atoms with Gasteiger partial charge in [0.15, 0.2) is 11.6 Å². The van der Waals surface area contributed by atoms with Crippen LogP contribution in [0.1, 0.15) is 32.8 Å². The second-order valence-corrected chi connectivity index (χ2v) is 6.25. The Kier molecular flexibility index (Phi) is 5.62. The fourth-order valence-electron chi connectivity index (χ4n) is 2.00. The summed E-state index contributed by atoms with van der Waals surface area (Å²) in [5.41, 5.74) is 6.46. The molecule has 0 aliphatic carbocycles. The fraction of sp³-hybridized carbons (Fsp3) is 0.533. The number of nitrogens with one attached hydrogen (secondary N) is 1. The van der Waals surface area contributed by atoms with Crippen molar-refractivity contribution in [2.45, 2.75) is 39.7 Å². The highest BCUT2D eigenvalue weighted by atomic mass is 19.2. The summed E-state index contributed by atoms with van der Waals surface area (Å²) >= 11 is 0. The third kappa shape index (κ3) is 6.10. The SMILES string of the molecule is CC(C)(C)CC(N)CNC(=O)Cc1ccc(F)c(F)c1. The molecule has 0 radical (unpaired) electrons. The van der Waals surface area contributed by atoms with Crippen molar-refractivity contribution >= 4 is 5.91 Å². The van der Waals surface area contributed by atoms with Crippen molar-refractivity contribution < 1.29 is 13.6 Å². The van der Waals surface area contributed by atoms with E-state index in [2.05, 4.69) is 26.1 Å². The van der Waals surface area contributed by atoms with E-state index in [4.69, 9.17) is 5.73 Å². The van der Waals surface area contributed by atoms with E-state index >= 15 is 0 Å². The average Bonchev–Trinajstić information content (AvgIpc) is 2.29. The predicted octanol–water partition coefficient (Wildman–Crippen LogP) is 2.39. The molecule has 0 aliphatic heterocycles. The molecule has 5 heteroatoms. The summed E-state index contributed by atoms with van der Waals surface area (Å²) in [4.78, 5) is 11.7. The summed E-state index contributed by atoms with van der Waals surface area (Å²) in [6, 6.07) is 3.32. The minimum absolute atomic E-state index is 0.0133. The molecule has 3 N–H and O–H groups in total. The molecule has 0 spiro atoms. The maximum absolute atomic E-state index is 13.0. The van der Waals surface area contributed by atoms with E-state index in [9.17, 15) is 13.6 Å². The Morgan fingerprint density at radius 3 is 2.50 bits per heavy atom. The van der Waals surface area contributed by atoms with Crippen molar-refractivity contribution in [1.82, 2.24) is 5.32 Å². The monoisotopic (exact) mass is 284 g/mol. The van der Waals surface area contributed by atoms with E-state index in [1.54, 1.807) is 0 Å². The molecule has 112 valence electrons. The number of amides is 1. The van der Waals surface area contributed by atoms with Gasteiger partial charge in [-0.1, -0.05) is 26.8 Å². The number of halogens is 2. The highest BCUT2D eigenvalue weighted by molar-refractivity contribution is 5.78. The maximum Gasteiger partial charge on any atom is 0.224 e. The van der Waals surface area contributed by atoms with E-state index in [0.29, 0.717) is 12.1 Å². The second-order valence-electron chi connectivity index (χ2n) is 6.25. The molecule has 1 rings (SSSR count). The number of nitrogens with two attached hydrogens (primary N) is 1. The number of hydrogen-bond acceptors (Lipinski definition) is 2. The first-order valence-corrected chi connectivity index (χ1v) is 6.63. The molecule has 1 aromatic rings. The summed E-state index contributed by atoms with van der Waals surface area (Å²) in [7, 11) is 0. The summed E-state index contributed by atoms with van der Waals surface area (Å²) in [5, 5.41) is 2.71. The third-order valence-electron chi connectivity index (χ3n) is 2.78. The fourth-order valence-corrected chi connectivity index (χ4v) is 2.00. The van der Waals surface area contributed by atoms with Gasteiger partial charge in [0.1, 0.15) is 0 Å². The number of benzene rings is 1. The zero-order valence-electron chi connectivity index (χ0n) is 12.2. The Balaban J connectivity index is 2.42. The first-order valence-electron chi connectivity index (χ1n) is 6.63. The quantitative estimate of drug-likeness (QED) is 0.872. The molecule has 1 aromatic carbocycles. The molecule has 0 aliphatic rings. The van der Waals surface area contributed by atoms with Crippen LogP contribution >= 0.6 is 0 Å². The molecule has 0 saturated heterocycles. The van der Waals surface area contributed by atoms with E-state index in [-0.39, 0.29) is 23.8 Å². The van der Waals surface area contributed by atoms with Gasteiger partial charge in [0.25, 0.3) is 0 Å². The molecule has 1 atom stereocenters. The van der Waals surface area contributed by atoms with Gasteiger partial charge in [-0.25, -0.2) is 8.78 Å². The molecular weight excluding hydrogens is 262 g/mol. The van der Waals surface area contributed by atoms with Gasteiger partial charge in [-0.15, -0.1) is 0 Å². The normalized spacial score (nSPS) is 13.1. The lowest BCUT2D eigenvalue weighted by Crippen LogP contribution is -2.40. The maximum atomic E-state index is 13.0. The van der Waals surface area contributed by atoms with Crippen molar-refractivity contribution in [2.75, 3.05) is 6.54 Å². The first-order chi connectivity index (χ1) is 9.17. The average molecular weight is 284 g/mol. The van der Waals surface area contributed by atoms with E-state index < -0.39 is 11.6 Å². The van der Waals surface area contributed by atoms with Crippen LogP contribution < -0.4 is 11.1 Å². The second kappa shape index (κ2) is 6.79. The van der Waals surface area contributed by atoms with Gasteiger partial charge in [-0.05, 0) is 29.5 Å². The molecule has 0 saturated carbocycles. The lowest BCUT2D eigenvalue weighted by atomic mass is 9.88. The molecule has 0 bridgehead atoms. The smallest absolute Gasteiger partial charge is 0.224 e. The van der Waals surface area contributed by atoms with Gasteiger partial charge in [0.2, 0.25) is 5.91 Å². The van der Waals surface area contributed by atoms with E-state index in [1.165, 1.54) is 6.07 Å². The van der Waals surface area contributed by atoms with Crippen LogP contribution in [0.25, 0.3) is 0 Å². The predicted molar refractivity (Wildman–Crippen MR) is 75.1 cm³/mol. The van der Waals surface area contributed by atoms with Crippen LogP contribution in [-0.4, -0.2) is 18.5 Å². The third-order valence-corrected chi connectivity index (χ3v) is 2.78. The Labute approximate surface area is 118 Å². The summed E-state index contributed by atoms with van der Waals surface area (Å²) < 4.78 is 25.8. The lowest BCUT2D eigenvalue weighted by Gasteiger charge is -2.23. The number of rotatable bonds is 5. The van der Waals surface area contributed by atoms with Crippen LogP contribution in [0.3, 0.4) is 0 Å². The van der Waals surface area contributed by atoms with Gasteiger partial charge >= 0.3 is 0 Å². The largest absolute Gasteiger partial charge is 0.354 e. The van der Waals surface area contributed by atoms with Crippen LogP contribution in [0.15, 0.2) is 18.2 Å². The van der Waals surface area contributed by atoms with E-state index in [1.807, 2.05) is 0 Å². The highest BCUT2D eigenvalue weighted by Crippen LogP contribution is 2.19. The van der Waals surface area contributed by atoms with Gasteiger partial charge in [0.05, 0.1) is 6.42 Å². The van der Waals surface area contributed by atoms with Crippen molar-refractivity contribution in [3.63, 3.8) is 0 Å². The number of carbonyl (C=O) groups excluding carboxylic acids is 1. The van der Waals surface area contributed by atoms with Crippen LogP contribution in [0.5, 0.6) is 0 Å². The molecule has 0 aromatic heterocycles. The van der Waals surface area contributed by atoms with Crippen LogP contribution in [0.2, 0.25) is 0 Å². The Hall–Kier alpha value is -1.49. The van der Waals surface area contributed by atoms with Gasteiger partial charge in [-0.2, -0.15) is 0 Å². The zero-order valence-corrected chi connectivity index (χ0v) is 12.2. The zero-order chi connectivity index (χ0) is 15.3. The van der Waals surface area contributed by atoms with Gasteiger partial charge < -0.3 is 11.1 Å². The van der Waals surface area contributed by atoms with Crippen molar-refractivity contribution in [2.24, 2.45) is 11.1 Å². The molecular formula is C15H22F2N2O. The molecule has 0 heterocycles. The highest BCUT2D eigenvalue weighted by Gasteiger charge is 2.16. The molecule has 0 fully saturated rings. The Morgan fingerprint density at radius 1 is 1.30 bits per heavy atom. The number of hydrogen-bond donors (Lipinski definition) is 2. The van der Waals surface area contributed by atoms with E-state index in [0.717, 1.165) is 18.6 Å². The summed E-state index contributed by atoms with van der Waals surface area (Å²) in [6.07, 6.45) is 0.803. The molecule has 3 nitrogen and oxygen atoms in total. The van der Waals surface area contributed by atoms with Crippen LogP contribution in [0.4, 0.5) is 8.78 Å². The topological polar surface area (TPSA) is 55.1 Å². The first kappa shape index (κ1) is 16.6. The van der Waals surface area contributed by atoms with Crippen molar-refractivity contribution in [3.8, 4) is 0 Å². The Bertz CT molecular complexity index is 469. The van der Waals surface area contributed by atoms with Crippen LogP contribution in [-0.2, 0) is 11.2 Å². The minimum atomic E-state index is -0.945. The standard InChI is InChI=1S/C15H22F2N2O/c1-15(2,3)8-11(18)9-19-14(20)7-10-4-5-12(16)13(17)6-10/h4-6,11H,7-9,18H2,1-3H3,(H,19,20). The lowest BCUT2D eigenvalue weighted by molar-refractivity contribution is -0.120.